The van der Waals surface area contributed by atoms with Crippen LogP contribution in [0.1, 0.15) is 33.2 Å². The third-order valence-corrected chi connectivity index (χ3v) is 3.69. The van der Waals surface area contributed by atoms with Crippen LogP contribution in [0, 0.1) is 0 Å². The third kappa shape index (κ3) is 6.04. The van der Waals surface area contributed by atoms with Gasteiger partial charge in [-0.1, -0.05) is 38.1 Å². The van der Waals surface area contributed by atoms with Crippen LogP contribution >= 0.6 is 0 Å². The molecule has 10 heteroatoms. The predicted octanol–water partition coefficient (Wildman–Crippen LogP) is 0.103. The Labute approximate surface area is 175 Å². The number of rotatable bonds is 3. The van der Waals surface area contributed by atoms with Crippen molar-refractivity contribution in [3.63, 3.8) is 0 Å². The number of hydrogen-bond donors (Lipinski definition) is 3. The molecule has 3 N–H and O–H groups in total. The van der Waals surface area contributed by atoms with Crippen molar-refractivity contribution in [1.82, 2.24) is 15.0 Å². The molecule has 0 bridgehead atoms. The maximum absolute atomic E-state index is 10.5. The first-order valence-corrected chi connectivity index (χ1v) is 8.94. The minimum atomic E-state index is -4.67. The molecule has 1 atom stereocenters. The monoisotopic (exact) mass is 389 g/mol. The van der Waals surface area contributed by atoms with Crippen LogP contribution in [0.3, 0.4) is 0 Å². The molecule has 1 aromatic heterocycles. The molecule has 136 valence electrons. The van der Waals surface area contributed by atoms with Crippen molar-refractivity contribution in [3.05, 3.63) is 48.0 Å². The SMILES string of the molecule is CCC(C)c1cccc(-n2nc3ccccc3n2)c1O.O=S(=O)(O)O.[H-].[Na+]. The molecule has 8 nitrogen and oxygen atoms in total. The molecule has 3 aromatic rings. The topological polar surface area (TPSA) is 126 Å². The first-order valence-electron chi connectivity index (χ1n) is 7.55. The van der Waals surface area contributed by atoms with Gasteiger partial charge in [0.1, 0.15) is 22.5 Å². The minimum Gasteiger partial charge on any atom is -1.00 e. The molecule has 0 aliphatic carbocycles. The van der Waals surface area contributed by atoms with Crippen molar-refractivity contribution in [2.45, 2.75) is 26.2 Å². The van der Waals surface area contributed by atoms with Gasteiger partial charge >= 0.3 is 40.0 Å². The molecule has 0 saturated carbocycles. The van der Waals surface area contributed by atoms with Crippen molar-refractivity contribution in [2.24, 2.45) is 0 Å². The zero-order valence-electron chi connectivity index (χ0n) is 15.7. The van der Waals surface area contributed by atoms with E-state index in [2.05, 4.69) is 24.0 Å². The average Bonchev–Trinajstić information content (AvgIpc) is 2.96. The summed E-state index contributed by atoms with van der Waals surface area (Å²) in [7, 11) is -4.67. The minimum absolute atomic E-state index is 0. The molecule has 0 fully saturated rings. The Balaban J connectivity index is 0.000000864. The second-order valence-corrected chi connectivity index (χ2v) is 6.35. The van der Waals surface area contributed by atoms with Gasteiger partial charge in [0.25, 0.3) is 0 Å². The molecule has 0 radical (unpaired) electrons. The number of hydrogen-bond acceptors (Lipinski definition) is 5. The zero-order valence-corrected chi connectivity index (χ0v) is 17.6. The van der Waals surface area contributed by atoms with Gasteiger partial charge in [0.2, 0.25) is 0 Å². The van der Waals surface area contributed by atoms with E-state index in [9.17, 15) is 5.11 Å². The molecular weight excluding hydrogens is 369 g/mol. The summed E-state index contributed by atoms with van der Waals surface area (Å²) >= 11 is 0. The van der Waals surface area contributed by atoms with Gasteiger partial charge in [-0.2, -0.15) is 8.42 Å². The van der Waals surface area contributed by atoms with Crippen molar-refractivity contribution in [2.75, 3.05) is 0 Å². The number of aromatic hydroxyl groups is 1. The van der Waals surface area contributed by atoms with Crippen LogP contribution in [-0.4, -0.2) is 37.6 Å². The van der Waals surface area contributed by atoms with Gasteiger partial charge < -0.3 is 6.53 Å². The summed E-state index contributed by atoms with van der Waals surface area (Å²) in [5.41, 5.74) is 3.20. The number of nitrogens with zero attached hydrogens (tertiary/aromatic N) is 3. The maximum Gasteiger partial charge on any atom is 1.00 e. The van der Waals surface area contributed by atoms with E-state index in [0.29, 0.717) is 11.6 Å². The summed E-state index contributed by atoms with van der Waals surface area (Å²) < 4.78 is 31.6. The van der Waals surface area contributed by atoms with Gasteiger partial charge in [-0.3, -0.25) is 9.11 Å². The van der Waals surface area contributed by atoms with Gasteiger partial charge in [0, 0.05) is 0 Å². The van der Waals surface area contributed by atoms with Gasteiger partial charge in [-0.15, -0.1) is 15.0 Å². The number of benzene rings is 2. The summed E-state index contributed by atoms with van der Waals surface area (Å²) in [6, 6.07) is 13.4. The number of phenolic OH excluding ortho intramolecular Hbond substituents is 1. The van der Waals surface area contributed by atoms with Crippen molar-refractivity contribution in [1.29, 1.82) is 0 Å². The van der Waals surface area contributed by atoms with Crippen LogP contribution in [0.5, 0.6) is 5.75 Å². The van der Waals surface area contributed by atoms with E-state index in [1.165, 1.54) is 4.80 Å². The summed E-state index contributed by atoms with van der Waals surface area (Å²) in [6.07, 6.45) is 0.978. The molecule has 2 aromatic carbocycles. The van der Waals surface area contributed by atoms with Crippen LogP contribution in [-0.2, 0) is 10.4 Å². The van der Waals surface area contributed by atoms with Crippen LogP contribution in [0.25, 0.3) is 16.7 Å². The largest absolute Gasteiger partial charge is 1.00 e. The van der Waals surface area contributed by atoms with Crippen molar-refractivity contribution in [3.8, 4) is 11.4 Å². The summed E-state index contributed by atoms with van der Waals surface area (Å²) in [6.45, 7) is 4.21. The molecule has 0 saturated heterocycles. The Hall–Kier alpha value is -1.49. The van der Waals surface area contributed by atoms with E-state index in [0.717, 1.165) is 23.0 Å². The Kier molecular flexibility index (Phi) is 8.19. The van der Waals surface area contributed by atoms with Crippen molar-refractivity contribution < 1.29 is 53.6 Å². The van der Waals surface area contributed by atoms with E-state index in [4.69, 9.17) is 17.5 Å². The molecule has 0 aliphatic rings. The molecule has 0 amide bonds. The zero-order chi connectivity index (χ0) is 18.6. The summed E-state index contributed by atoms with van der Waals surface area (Å²) in [4.78, 5) is 1.51. The molecule has 3 rings (SSSR count). The van der Waals surface area contributed by atoms with Crippen LogP contribution in [0.2, 0.25) is 0 Å². The van der Waals surface area contributed by atoms with Crippen LogP contribution in [0.4, 0.5) is 0 Å². The van der Waals surface area contributed by atoms with Gasteiger partial charge in [-0.25, -0.2) is 0 Å². The maximum atomic E-state index is 10.5. The van der Waals surface area contributed by atoms with Gasteiger partial charge in [0.15, 0.2) is 0 Å². The standard InChI is InChI=1S/C16H17N3O.Na.H2O4S.H/c1-3-11(2)12-7-6-10-15(16(12)20)19-17-13-8-4-5-9-14(13)18-19;;1-5(2,3)4;/h4-11,20H,3H2,1-2H3;;(H2,1,2,3,4);/q;+1;;-1. The van der Waals surface area contributed by atoms with E-state index < -0.39 is 10.4 Å². The van der Waals surface area contributed by atoms with E-state index >= 15 is 0 Å². The average molecular weight is 389 g/mol. The number of para-hydroxylation sites is 1. The van der Waals surface area contributed by atoms with Gasteiger partial charge in [0.05, 0.1) is 0 Å². The summed E-state index contributed by atoms with van der Waals surface area (Å²) in [5.74, 6) is 0.571. The molecule has 0 spiro atoms. The third-order valence-electron chi connectivity index (χ3n) is 3.69. The Bertz CT molecular complexity index is 940. The predicted molar refractivity (Wildman–Crippen MR) is 94.5 cm³/mol. The Morgan fingerprint density at radius 3 is 2.04 bits per heavy atom. The molecule has 0 aliphatic heterocycles. The fourth-order valence-electron chi connectivity index (χ4n) is 2.30. The quantitative estimate of drug-likeness (QED) is 0.429. The molecule has 1 heterocycles. The smallest absolute Gasteiger partial charge is 1.00 e. The fourth-order valence-corrected chi connectivity index (χ4v) is 2.30. The van der Waals surface area contributed by atoms with Crippen LogP contribution < -0.4 is 29.6 Å². The number of phenols is 1. The van der Waals surface area contributed by atoms with Crippen molar-refractivity contribution >= 4 is 21.4 Å². The fraction of sp³-hybridized carbons (Fsp3) is 0.250. The first-order chi connectivity index (χ1) is 11.7. The second kappa shape index (κ2) is 9.45. The van der Waals surface area contributed by atoms with Crippen LogP contribution in [0.15, 0.2) is 42.5 Å². The normalized spacial score (nSPS) is 12.0. The number of aromatic nitrogens is 3. The summed E-state index contributed by atoms with van der Waals surface area (Å²) in [5, 5.41) is 19.3. The molecule has 26 heavy (non-hydrogen) atoms. The van der Waals surface area contributed by atoms with E-state index in [-0.39, 0.29) is 36.7 Å². The Morgan fingerprint density at radius 2 is 1.58 bits per heavy atom. The second-order valence-electron chi connectivity index (χ2n) is 5.45. The van der Waals surface area contributed by atoms with Gasteiger partial charge in [-0.05, 0) is 36.1 Å². The molecular formula is C16H20N3NaO5S. The number of fused-ring (bicyclic) bond motifs is 1. The molecule has 1 unspecified atom stereocenters. The van der Waals surface area contributed by atoms with E-state index in [1.807, 2.05) is 42.5 Å². The Morgan fingerprint density at radius 1 is 1.08 bits per heavy atom. The first kappa shape index (κ1) is 22.6. The van der Waals surface area contributed by atoms with E-state index in [1.54, 1.807) is 0 Å².